The number of carbonyl (C=O) groups is 1. The molecule has 1 heterocycles. The number of carbonyl (C=O) groups excluding carboxylic acids is 1. The Hall–Kier alpha value is -1.35. The molecule has 1 amide bonds. The standard InChI is InChI=1S/C18H28N2O/c1-3-20(4-2)18(21)11-8-13-19-14-12-17(15-19)16-9-6-5-7-10-16/h5-7,9-10,17H,3-4,8,11-15H2,1-2H3/t17-/m0/s1. The molecule has 1 aliphatic heterocycles. The topological polar surface area (TPSA) is 23.6 Å². The number of benzene rings is 1. The van der Waals surface area contributed by atoms with Crippen molar-refractivity contribution in [3.63, 3.8) is 0 Å². The number of amides is 1. The third-order valence-corrected chi connectivity index (χ3v) is 4.52. The lowest BCUT2D eigenvalue weighted by Gasteiger charge is -2.20. The summed E-state index contributed by atoms with van der Waals surface area (Å²) in [4.78, 5) is 16.4. The lowest BCUT2D eigenvalue weighted by molar-refractivity contribution is -0.130. The Morgan fingerprint density at radius 3 is 2.62 bits per heavy atom. The predicted octanol–water partition coefficient (Wildman–Crippen LogP) is 3.12. The minimum atomic E-state index is 0.304. The highest BCUT2D eigenvalue weighted by molar-refractivity contribution is 5.76. The van der Waals surface area contributed by atoms with E-state index in [9.17, 15) is 4.79 Å². The Kier molecular flexibility index (Phi) is 6.24. The third-order valence-electron chi connectivity index (χ3n) is 4.52. The molecule has 0 unspecified atom stereocenters. The molecule has 1 saturated heterocycles. The molecule has 1 aromatic carbocycles. The van der Waals surface area contributed by atoms with Crippen LogP contribution in [0.5, 0.6) is 0 Å². The molecule has 1 atom stereocenters. The van der Waals surface area contributed by atoms with Crippen LogP contribution < -0.4 is 0 Å². The number of likely N-dealkylation sites (tertiary alicyclic amines) is 1. The van der Waals surface area contributed by atoms with Crippen LogP contribution >= 0.6 is 0 Å². The molecular weight excluding hydrogens is 260 g/mol. The Balaban J connectivity index is 1.70. The summed E-state index contributed by atoms with van der Waals surface area (Å²) in [5.41, 5.74) is 1.46. The molecule has 0 aromatic heterocycles. The van der Waals surface area contributed by atoms with E-state index < -0.39 is 0 Å². The summed E-state index contributed by atoms with van der Waals surface area (Å²) in [5, 5.41) is 0. The van der Waals surface area contributed by atoms with Crippen molar-refractivity contribution in [3.8, 4) is 0 Å². The molecule has 0 saturated carbocycles. The summed E-state index contributed by atoms with van der Waals surface area (Å²) in [6.45, 7) is 9.11. The molecule has 21 heavy (non-hydrogen) atoms. The lowest BCUT2D eigenvalue weighted by atomic mass is 9.99. The third kappa shape index (κ3) is 4.57. The van der Waals surface area contributed by atoms with E-state index in [1.807, 2.05) is 18.7 Å². The van der Waals surface area contributed by atoms with Gasteiger partial charge in [0.15, 0.2) is 0 Å². The fourth-order valence-electron chi connectivity index (χ4n) is 3.22. The van der Waals surface area contributed by atoms with Crippen LogP contribution in [-0.2, 0) is 4.79 Å². The van der Waals surface area contributed by atoms with Crippen LogP contribution in [0.4, 0.5) is 0 Å². The van der Waals surface area contributed by atoms with Gasteiger partial charge in [-0.15, -0.1) is 0 Å². The monoisotopic (exact) mass is 288 g/mol. The first kappa shape index (κ1) is 16.0. The van der Waals surface area contributed by atoms with Gasteiger partial charge >= 0.3 is 0 Å². The molecular formula is C18H28N2O. The van der Waals surface area contributed by atoms with E-state index in [4.69, 9.17) is 0 Å². The number of hydrogen-bond donors (Lipinski definition) is 0. The Morgan fingerprint density at radius 1 is 1.24 bits per heavy atom. The van der Waals surface area contributed by atoms with Gasteiger partial charge in [-0.2, -0.15) is 0 Å². The maximum atomic E-state index is 12.0. The Labute approximate surface area is 128 Å². The highest BCUT2D eigenvalue weighted by Gasteiger charge is 2.23. The van der Waals surface area contributed by atoms with Crippen molar-refractivity contribution >= 4 is 5.91 Å². The second-order valence-corrected chi connectivity index (χ2v) is 5.87. The SMILES string of the molecule is CCN(CC)C(=O)CCCN1CC[C@H](c2ccccc2)C1. The quantitative estimate of drug-likeness (QED) is 0.769. The van der Waals surface area contributed by atoms with E-state index in [2.05, 4.69) is 35.2 Å². The van der Waals surface area contributed by atoms with Gasteiger partial charge in [0.05, 0.1) is 0 Å². The first-order chi connectivity index (χ1) is 10.2. The van der Waals surface area contributed by atoms with Crippen molar-refractivity contribution in [2.24, 2.45) is 0 Å². The summed E-state index contributed by atoms with van der Waals surface area (Å²) < 4.78 is 0. The van der Waals surface area contributed by atoms with Gasteiger partial charge in [-0.1, -0.05) is 30.3 Å². The maximum Gasteiger partial charge on any atom is 0.222 e. The first-order valence-electron chi connectivity index (χ1n) is 8.29. The number of nitrogens with zero attached hydrogens (tertiary/aromatic N) is 2. The minimum absolute atomic E-state index is 0.304. The van der Waals surface area contributed by atoms with Gasteiger partial charge in [0.2, 0.25) is 5.91 Å². The van der Waals surface area contributed by atoms with E-state index in [0.717, 1.165) is 32.6 Å². The van der Waals surface area contributed by atoms with Gasteiger partial charge in [0.1, 0.15) is 0 Å². The number of hydrogen-bond acceptors (Lipinski definition) is 2. The van der Waals surface area contributed by atoms with Crippen LogP contribution in [0.2, 0.25) is 0 Å². The van der Waals surface area contributed by atoms with Gasteiger partial charge in [-0.3, -0.25) is 4.79 Å². The zero-order chi connectivity index (χ0) is 15.1. The normalized spacial score (nSPS) is 18.9. The summed E-state index contributed by atoms with van der Waals surface area (Å²) in [7, 11) is 0. The molecule has 3 heteroatoms. The van der Waals surface area contributed by atoms with E-state index in [1.165, 1.54) is 18.5 Å². The van der Waals surface area contributed by atoms with Gasteiger partial charge in [0.25, 0.3) is 0 Å². The van der Waals surface area contributed by atoms with Crippen LogP contribution in [0.15, 0.2) is 30.3 Å². The Bertz CT molecular complexity index is 428. The zero-order valence-electron chi connectivity index (χ0n) is 13.4. The summed E-state index contributed by atoms with van der Waals surface area (Å²) in [5.74, 6) is 0.975. The van der Waals surface area contributed by atoms with Crippen molar-refractivity contribution < 1.29 is 4.79 Å². The van der Waals surface area contributed by atoms with Gasteiger partial charge in [-0.25, -0.2) is 0 Å². The summed E-state index contributed by atoms with van der Waals surface area (Å²) >= 11 is 0. The van der Waals surface area contributed by atoms with Gasteiger partial charge in [-0.05, 0) is 51.3 Å². The smallest absolute Gasteiger partial charge is 0.222 e. The molecule has 0 N–H and O–H groups in total. The second-order valence-electron chi connectivity index (χ2n) is 5.87. The second kappa shape index (κ2) is 8.18. The van der Waals surface area contributed by atoms with Crippen molar-refractivity contribution in [2.45, 2.75) is 39.0 Å². The van der Waals surface area contributed by atoms with Crippen LogP contribution in [-0.4, -0.2) is 48.4 Å². The average molecular weight is 288 g/mol. The van der Waals surface area contributed by atoms with Crippen molar-refractivity contribution in [1.82, 2.24) is 9.80 Å². The van der Waals surface area contributed by atoms with Crippen LogP contribution in [0, 0.1) is 0 Å². The molecule has 0 aliphatic carbocycles. The minimum Gasteiger partial charge on any atom is -0.343 e. The van der Waals surface area contributed by atoms with E-state index >= 15 is 0 Å². The van der Waals surface area contributed by atoms with E-state index in [1.54, 1.807) is 0 Å². The molecule has 1 fully saturated rings. The van der Waals surface area contributed by atoms with Gasteiger partial charge < -0.3 is 9.80 Å². The largest absolute Gasteiger partial charge is 0.343 e. The molecule has 1 aliphatic rings. The van der Waals surface area contributed by atoms with Crippen LogP contribution in [0.25, 0.3) is 0 Å². The van der Waals surface area contributed by atoms with E-state index in [0.29, 0.717) is 18.2 Å². The van der Waals surface area contributed by atoms with Crippen LogP contribution in [0.1, 0.15) is 44.6 Å². The number of rotatable bonds is 7. The molecule has 0 radical (unpaired) electrons. The molecule has 3 nitrogen and oxygen atoms in total. The summed E-state index contributed by atoms with van der Waals surface area (Å²) in [6, 6.07) is 10.8. The lowest BCUT2D eigenvalue weighted by Crippen LogP contribution is -2.31. The highest BCUT2D eigenvalue weighted by atomic mass is 16.2. The van der Waals surface area contributed by atoms with Crippen molar-refractivity contribution in [3.05, 3.63) is 35.9 Å². The average Bonchev–Trinajstić information content (AvgIpc) is 2.98. The van der Waals surface area contributed by atoms with Crippen LogP contribution in [0.3, 0.4) is 0 Å². The van der Waals surface area contributed by atoms with Gasteiger partial charge in [0, 0.05) is 26.1 Å². The molecule has 0 spiro atoms. The fourth-order valence-corrected chi connectivity index (χ4v) is 3.22. The molecule has 116 valence electrons. The summed E-state index contributed by atoms with van der Waals surface area (Å²) in [6.07, 6.45) is 2.92. The first-order valence-corrected chi connectivity index (χ1v) is 8.29. The molecule has 0 bridgehead atoms. The van der Waals surface area contributed by atoms with Crippen molar-refractivity contribution in [1.29, 1.82) is 0 Å². The van der Waals surface area contributed by atoms with E-state index in [-0.39, 0.29) is 0 Å². The molecule has 1 aromatic rings. The fraction of sp³-hybridized carbons (Fsp3) is 0.611. The highest BCUT2D eigenvalue weighted by Crippen LogP contribution is 2.26. The predicted molar refractivity (Wildman–Crippen MR) is 87.4 cm³/mol. The Morgan fingerprint density at radius 2 is 1.95 bits per heavy atom. The molecule has 2 rings (SSSR count). The zero-order valence-corrected chi connectivity index (χ0v) is 13.4. The van der Waals surface area contributed by atoms with Crippen molar-refractivity contribution in [2.75, 3.05) is 32.7 Å². The maximum absolute atomic E-state index is 12.0.